The van der Waals surface area contributed by atoms with Crippen LogP contribution in [-0.4, -0.2) is 13.6 Å². The van der Waals surface area contributed by atoms with Crippen molar-refractivity contribution in [1.29, 1.82) is 5.26 Å². The lowest BCUT2D eigenvalue weighted by molar-refractivity contribution is 0.497. The van der Waals surface area contributed by atoms with Gasteiger partial charge in [0.2, 0.25) is 0 Å². The van der Waals surface area contributed by atoms with Crippen molar-refractivity contribution in [1.82, 2.24) is 0 Å². The first-order chi connectivity index (χ1) is 7.85. The van der Waals surface area contributed by atoms with Gasteiger partial charge < -0.3 is 4.90 Å². The molecule has 92 valence electrons. The van der Waals surface area contributed by atoms with Crippen molar-refractivity contribution in [3.05, 3.63) is 29.8 Å². The van der Waals surface area contributed by atoms with Crippen molar-refractivity contribution >= 4 is 5.69 Å². The van der Waals surface area contributed by atoms with Gasteiger partial charge in [-0.25, -0.2) is 0 Å². The summed E-state index contributed by atoms with van der Waals surface area (Å²) < 4.78 is 0. The van der Waals surface area contributed by atoms with Crippen LogP contribution in [-0.2, 0) is 0 Å². The summed E-state index contributed by atoms with van der Waals surface area (Å²) >= 11 is 0. The first kappa shape index (κ1) is 13.6. The molecule has 0 aliphatic rings. The number of hydrogen-bond acceptors (Lipinski definition) is 2. The zero-order chi connectivity index (χ0) is 13.1. The summed E-state index contributed by atoms with van der Waals surface area (Å²) in [5.41, 5.74) is 2.20. The van der Waals surface area contributed by atoms with E-state index in [1.54, 1.807) is 0 Å². The highest BCUT2D eigenvalue weighted by Crippen LogP contribution is 2.22. The molecular weight excluding hydrogens is 208 g/mol. The second kappa shape index (κ2) is 5.23. The van der Waals surface area contributed by atoms with Gasteiger partial charge in [0.15, 0.2) is 0 Å². The zero-order valence-electron chi connectivity index (χ0n) is 11.5. The van der Waals surface area contributed by atoms with E-state index in [9.17, 15) is 0 Å². The SMILES string of the molecule is CC(C)c1ccc(N(C)CC(C)(C)C#N)cc1. The molecule has 0 N–H and O–H groups in total. The van der Waals surface area contributed by atoms with Gasteiger partial charge in [-0.2, -0.15) is 5.26 Å². The highest BCUT2D eigenvalue weighted by atomic mass is 15.1. The van der Waals surface area contributed by atoms with E-state index >= 15 is 0 Å². The fourth-order valence-electron chi connectivity index (χ4n) is 1.83. The van der Waals surface area contributed by atoms with Crippen molar-refractivity contribution in [3.63, 3.8) is 0 Å². The number of rotatable bonds is 4. The standard InChI is InChI=1S/C15H22N2/c1-12(2)13-6-8-14(9-7-13)17(5)11-15(3,4)10-16/h6-9,12H,11H2,1-5H3. The van der Waals surface area contributed by atoms with Gasteiger partial charge in [0.05, 0.1) is 11.5 Å². The molecule has 0 amide bonds. The fourth-order valence-corrected chi connectivity index (χ4v) is 1.83. The molecule has 0 fully saturated rings. The van der Waals surface area contributed by atoms with Crippen molar-refractivity contribution in [2.24, 2.45) is 5.41 Å². The van der Waals surface area contributed by atoms with Gasteiger partial charge in [0.25, 0.3) is 0 Å². The Hall–Kier alpha value is -1.49. The molecule has 0 unspecified atom stereocenters. The summed E-state index contributed by atoms with van der Waals surface area (Å²) in [4.78, 5) is 2.13. The predicted molar refractivity (Wildman–Crippen MR) is 73.2 cm³/mol. The molecule has 0 radical (unpaired) electrons. The third-order valence-corrected chi connectivity index (χ3v) is 2.94. The molecule has 2 heteroatoms. The summed E-state index contributed by atoms with van der Waals surface area (Å²) in [7, 11) is 2.03. The topological polar surface area (TPSA) is 27.0 Å². The summed E-state index contributed by atoms with van der Waals surface area (Å²) in [5.74, 6) is 0.560. The summed E-state index contributed by atoms with van der Waals surface area (Å²) in [6.45, 7) is 9.05. The zero-order valence-corrected chi connectivity index (χ0v) is 11.5. The Bertz CT molecular complexity index is 396. The van der Waals surface area contributed by atoms with E-state index in [1.165, 1.54) is 5.56 Å². The minimum atomic E-state index is -0.314. The van der Waals surface area contributed by atoms with Gasteiger partial charge in [-0.1, -0.05) is 26.0 Å². The molecular formula is C15H22N2. The first-order valence-electron chi connectivity index (χ1n) is 6.08. The van der Waals surface area contributed by atoms with Crippen molar-refractivity contribution in [2.45, 2.75) is 33.6 Å². The smallest absolute Gasteiger partial charge is 0.0702 e. The van der Waals surface area contributed by atoms with Crippen LogP contribution >= 0.6 is 0 Å². The number of nitriles is 1. The molecule has 0 saturated heterocycles. The van der Waals surface area contributed by atoms with Crippen LogP contribution in [0.15, 0.2) is 24.3 Å². The summed E-state index contributed by atoms with van der Waals surface area (Å²) in [6.07, 6.45) is 0. The van der Waals surface area contributed by atoms with Crippen LogP contribution in [0.4, 0.5) is 5.69 Å². The van der Waals surface area contributed by atoms with Crippen molar-refractivity contribution in [3.8, 4) is 6.07 Å². The van der Waals surface area contributed by atoms with E-state index in [1.807, 2.05) is 20.9 Å². The van der Waals surface area contributed by atoms with Crippen LogP contribution in [0.3, 0.4) is 0 Å². The molecule has 0 saturated carbocycles. The summed E-state index contributed by atoms with van der Waals surface area (Å²) in [5, 5.41) is 9.03. The lowest BCUT2D eigenvalue weighted by Gasteiger charge is -2.26. The van der Waals surface area contributed by atoms with Gasteiger partial charge in [0.1, 0.15) is 0 Å². The Morgan fingerprint density at radius 1 is 1.24 bits per heavy atom. The molecule has 0 aliphatic carbocycles. The maximum atomic E-state index is 9.03. The molecule has 1 rings (SSSR count). The normalized spacial score (nSPS) is 11.4. The maximum absolute atomic E-state index is 9.03. The van der Waals surface area contributed by atoms with Crippen LogP contribution < -0.4 is 4.90 Å². The number of anilines is 1. The Kier molecular flexibility index (Phi) is 4.17. The number of hydrogen-bond donors (Lipinski definition) is 0. The highest BCUT2D eigenvalue weighted by molar-refractivity contribution is 5.47. The Labute approximate surface area is 105 Å². The first-order valence-corrected chi connectivity index (χ1v) is 6.08. The third kappa shape index (κ3) is 3.78. The molecule has 1 aromatic carbocycles. The molecule has 0 spiro atoms. The average Bonchev–Trinajstić information content (AvgIpc) is 2.28. The van der Waals surface area contributed by atoms with Crippen LogP contribution in [0.25, 0.3) is 0 Å². The van der Waals surface area contributed by atoms with Crippen LogP contribution in [0.5, 0.6) is 0 Å². The molecule has 0 atom stereocenters. The molecule has 0 aromatic heterocycles. The van der Waals surface area contributed by atoms with Crippen molar-refractivity contribution < 1.29 is 0 Å². The average molecular weight is 230 g/mol. The second-order valence-corrected chi connectivity index (χ2v) is 5.60. The molecule has 0 aliphatic heterocycles. The minimum absolute atomic E-state index is 0.314. The summed E-state index contributed by atoms with van der Waals surface area (Å²) in [6, 6.07) is 10.9. The highest BCUT2D eigenvalue weighted by Gasteiger charge is 2.19. The molecule has 17 heavy (non-hydrogen) atoms. The Balaban J connectivity index is 2.77. The van der Waals surface area contributed by atoms with E-state index in [4.69, 9.17) is 5.26 Å². The quantitative estimate of drug-likeness (QED) is 0.786. The third-order valence-electron chi connectivity index (χ3n) is 2.94. The Morgan fingerprint density at radius 2 is 1.76 bits per heavy atom. The van der Waals surface area contributed by atoms with Crippen molar-refractivity contribution in [2.75, 3.05) is 18.5 Å². The molecule has 0 bridgehead atoms. The lowest BCUT2D eigenvalue weighted by Crippen LogP contribution is -2.30. The Morgan fingerprint density at radius 3 is 2.18 bits per heavy atom. The van der Waals surface area contributed by atoms with Gasteiger partial charge in [-0.3, -0.25) is 0 Å². The molecule has 0 heterocycles. The van der Waals surface area contributed by atoms with E-state index in [-0.39, 0.29) is 5.41 Å². The van der Waals surface area contributed by atoms with E-state index < -0.39 is 0 Å². The van der Waals surface area contributed by atoms with Crippen LogP contribution in [0.2, 0.25) is 0 Å². The van der Waals surface area contributed by atoms with E-state index in [2.05, 4.69) is 49.1 Å². The second-order valence-electron chi connectivity index (χ2n) is 5.60. The van der Waals surface area contributed by atoms with E-state index in [0.717, 1.165) is 12.2 Å². The van der Waals surface area contributed by atoms with Gasteiger partial charge >= 0.3 is 0 Å². The predicted octanol–water partition coefficient (Wildman–Crippen LogP) is 3.80. The monoisotopic (exact) mass is 230 g/mol. The van der Waals surface area contributed by atoms with Gasteiger partial charge in [-0.05, 0) is 37.5 Å². The van der Waals surface area contributed by atoms with Crippen LogP contribution in [0, 0.1) is 16.7 Å². The lowest BCUT2D eigenvalue weighted by atomic mass is 9.95. The fraction of sp³-hybridized carbons (Fsp3) is 0.533. The minimum Gasteiger partial charge on any atom is -0.373 e. The maximum Gasteiger partial charge on any atom is 0.0702 e. The number of benzene rings is 1. The number of nitrogens with zero attached hydrogens (tertiary/aromatic N) is 2. The largest absolute Gasteiger partial charge is 0.373 e. The molecule has 2 nitrogen and oxygen atoms in total. The van der Waals surface area contributed by atoms with Crippen LogP contribution in [0.1, 0.15) is 39.2 Å². The molecule has 1 aromatic rings. The van der Waals surface area contributed by atoms with Gasteiger partial charge in [-0.15, -0.1) is 0 Å². The van der Waals surface area contributed by atoms with Gasteiger partial charge in [0, 0.05) is 19.3 Å². The van der Waals surface area contributed by atoms with E-state index in [0.29, 0.717) is 5.92 Å².